The summed E-state index contributed by atoms with van der Waals surface area (Å²) in [5.74, 6) is -0.788. The van der Waals surface area contributed by atoms with Crippen molar-refractivity contribution >= 4 is 28.6 Å². The maximum Gasteiger partial charge on any atom is 0.305 e. The van der Waals surface area contributed by atoms with Crippen LogP contribution in [0, 0.1) is 0 Å². The zero-order chi connectivity index (χ0) is 13.7. The van der Waals surface area contributed by atoms with E-state index in [4.69, 9.17) is 5.11 Å². The number of thiazole rings is 1. The summed E-state index contributed by atoms with van der Waals surface area (Å²) in [6.07, 6.45) is 2.90. The number of hydrogen-bond acceptors (Lipinski definition) is 5. The highest BCUT2D eigenvalue weighted by molar-refractivity contribution is 7.11. The Balaban J connectivity index is 1.98. The molecule has 0 aliphatic rings. The van der Waals surface area contributed by atoms with Crippen LogP contribution in [0.5, 0.6) is 0 Å². The smallest absolute Gasteiger partial charge is 0.305 e. The van der Waals surface area contributed by atoms with Crippen molar-refractivity contribution < 1.29 is 9.90 Å². The van der Waals surface area contributed by atoms with Crippen molar-refractivity contribution in [1.29, 1.82) is 0 Å². The lowest BCUT2D eigenvalue weighted by molar-refractivity contribution is -0.137. The van der Waals surface area contributed by atoms with Crippen molar-refractivity contribution in [3.05, 3.63) is 38.5 Å². The first-order valence-corrected chi connectivity index (χ1v) is 7.80. The summed E-state index contributed by atoms with van der Waals surface area (Å²) in [5, 5.41) is 15.4. The van der Waals surface area contributed by atoms with Gasteiger partial charge in [-0.05, 0) is 17.9 Å². The Bertz CT molecular complexity index is 522. The fraction of sp³-hybridized carbons (Fsp3) is 0.385. The highest BCUT2D eigenvalue weighted by Gasteiger charge is 2.16. The van der Waals surface area contributed by atoms with Crippen LogP contribution in [-0.4, -0.2) is 16.1 Å². The summed E-state index contributed by atoms with van der Waals surface area (Å²) in [5.41, 5.74) is 0. The van der Waals surface area contributed by atoms with E-state index in [0.29, 0.717) is 6.54 Å². The van der Waals surface area contributed by atoms with E-state index in [0.717, 1.165) is 21.2 Å². The number of nitrogens with zero attached hydrogens (tertiary/aromatic N) is 1. The predicted molar refractivity (Wildman–Crippen MR) is 77.6 cm³/mol. The molecule has 19 heavy (non-hydrogen) atoms. The standard InChI is InChI=1S/C13H16N2O2S2/c1-2-12-15-8-9(19-12)7-14-10(6-13(16)17)11-4-3-5-18-11/h3-5,8,10,14H,2,6-7H2,1H3,(H,16,17). The highest BCUT2D eigenvalue weighted by Crippen LogP contribution is 2.23. The van der Waals surface area contributed by atoms with Crippen molar-refractivity contribution in [1.82, 2.24) is 10.3 Å². The maximum absolute atomic E-state index is 10.9. The summed E-state index contributed by atoms with van der Waals surface area (Å²) in [7, 11) is 0. The normalized spacial score (nSPS) is 12.5. The Labute approximate surface area is 120 Å². The molecule has 0 saturated heterocycles. The van der Waals surface area contributed by atoms with Gasteiger partial charge in [0.15, 0.2) is 0 Å². The van der Waals surface area contributed by atoms with Crippen molar-refractivity contribution in [2.45, 2.75) is 32.4 Å². The minimum atomic E-state index is -0.788. The molecule has 6 heteroatoms. The lowest BCUT2D eigenvalue weighted by atomic mass is 10.1. The number of carboxylic acids is 1. The van der Waals surface area contributed by atoms with Crippen molar-refractivity contribution in [2.75, 3.05) is 0 Å². The summed E-state index contributed by atoms with van der Waals surface area (Å²) in [6.45, 7) is 2.74. The second-order valence-corrected chi connectivity index (χ2v) is 6.30. The van der Waals surface area contributed by atoms with Gasteiger partial charge in [-0.2, -0.15) is 0 Å². The number of aliphatic carboxylic acids is 1. The molecule has 0 radical (unpaired) electrons. The predicted octanol–water partition coefficient (Wildman–Crippen LogP) is 3.07. The number of aryl methyl sites for hydroxylation is 1. The molecule has 0 aliphatic heterocycles. The van der Waals surface area contributed by atoms with Crippen LogP contribution >= 0.6 is 22.7 Å². The second kappa shape index (κ2) is 6.79. The SMILES string of the molecule is CCc1ncc(CNC(CC(=O)O)c2cccs2)s1. The van der Waals surface area contributed by atoms with Gasteiger partial charge < -0.3 is 10.4 Å². The third-order valence-electron chi connectivity index (χ3n) is 2.69. The van der Waals surface area contributed by atoms with Gasteiger partial charge in [0.05, 0.1) is 17.5 Å². The average molecular weight is 296 g/mol. The lowest BCUT2D eigenvalue weighted by Gasteiger charge is -2.14. The van der Waals surface area contributed by atoms with Gasteiger partial charge in [-0.25, -0.2) is 4.98 Å². The molecule has 2 aromatic heterocycles. The largest absolute Gasteiger partial charge is 0.481 e. The third-order valence-corrected chi connectivity index (χ3v) is 4.82. The zero-order valence-corrected chi connectivity index (χ0v) is 12.3. The number of aromatic nitrogens is 1. The molecule has 2 aromatic rings. The van der Waals surface area contributed by atoms with Crippen LogP contribution in [0.3, 0.4) is 0 Å². The fourth-order valence-corrected chi connectivity index (χ4v) is 3.37. The molecule has 2 rings (SSSR count). The van der Waals surface area contributed by atoms with E-state index in [1.165, 1.54) is 0 Å². The minimum absolute atomic E-state index is 0.0972. The molecule has 4 nitrogen and oxygen atoms in total. The van der Waals surface area contributed by atoms with Gasteiger partial charge in [-0.3, -0.25) is 4.79 Å². The Hall–Kier alpha value is -1.24. The fourth-order valence-electron chi connectivity index (χ4n) is 1.75. The van der Waals surface area contributed by atoms with Crippen LogP contribution in [0.4, 0.5) is 0 Å². The lowest BCUT2D eigenvalue weighted by Crippen LogP contribution is -2.22. The summed E-state index contributed by atoms with van der Waals surface area (Å²) < 4.78 is 0. The number of carboxylic acid groups (broad SMARTS) is 1. The minimum Gasteiger partial charge on any atom is -0.481 e. The first-order valence-electron chi connectivity index (χ1n) is 6.11. The van der Waals surface area contributed by atoms with Crippen LogP contribution in [0.2, 0.25) is 0 Å². The number of hydrogen-bond donors (Lipinski definition) is 2. The van der Waals surface area contributed by atoms with Crippen LogP contribution < -0.4 is 5.32 Å². The maximum atomic E-state index is 10.9. The van der Waals surface area contributed by atoms with Gasteiger partial charge >= 0.3 is 5.97 Å². The molecular weight excluding hydrogens is 280 g/mol. The summed E-state index contributed by atoms with van der Waals surface area (Å²) >= 11 is 3.25. The van der Waals surface area contributed by atoms with E-state index in [2.05, 4.69) is 17.2 Å². The van der Waals surface area contributed by atoms with E-state index in [1.807, 2.05) is 23.7 Å². The molecule has 1 unspecified atom stereocenters. The number of thiophene rings is 1. The molecule has 0 aromatic carbocycles. The number of nitrogens with one attached hydrogen (secondary N) is 1. The van der Waals surface area contributed by atoms with Gasteiger partial charge in [0.25, 0.3) is 0 Å². The Morgan fingerprint density at radius 1 is 1.58 bits per heavy atom. The van der Waals surface area contributed by atoms with E-state index < -0.39 is 5.97 Å². The molecule has 0 spiro atoms. The summed E-state index contributed by atoms with van der Waals surface area (Å²) in [4.78, 5) is 17.4. The third kappa shape index (κ3) is 4.12. The Kier molecular flexibility index (Phi) is 5.07. The van der Waals surface area contributed by atoms with Crippen LogP contribution in [0.1, 0.15) is 34.1 Å². The Morgan fingerprint density at radius 2 is 2.42 bits per heavy atom. The van der Waals surface area contributed by atoms with Crippen LogP contribution in [0.25, 0.3) is 0 Å². The van der Waals surface area contributed by atoms with Crippen LogP contribution in [0.15, 0.2) is 23.7 Å². The molecule has 2 N–H and O–H groups in total. The van der Waals surface area contributed by atoms with E-state index >= 15 is 0 Å². The van der Waals surface area contributed by atoms with E-state index in [-0.39, 0.29) is 12.5 Å². The monoisotopic (exact) mass is 296 g/mol. The average Bonchev–Trinajstić information content (AvgIpc) is 3.05. The van der Waals surface area contributed by atoms with Gasteiger partial charge in [0, 0.05) is 22.5 Å². The van der Waals surface area contributed by atoms with Gasteiger partial charge in [-0.15, -0.1) is 22.7 Å². The number of carbonyl (C=O) groups is 1. The molecule has 1 atom stereocenters. The van der Waals surface area contributed by atoms with Crippen molar-refractivity contribution in [3.63, 3.8) is 0 Å². The summed E-state index contributed by atoms with van der Waals surface area (Å²) in [6, 6.07) is 3.78. The topological polar surface area (TPSA) is 62.2 Å². The molecule has 2 heterocycles. The van der Waals surface area contributed by atoms with Crippen LogP contribution in [-0.2, 0) is 17.8 Å². The highest BCUT2D eigenvalue weighted by atomic mass is 32.1. The van der Waals surface area contributed by atoms with E-state index in [9.17, 15) is 4.79 Å². The van der Waals surface area contributed by atoms with Crippen molar-refractivity contribution in [3.8, 4) is 0 Å². The molecule has 0 saturated carbocycles. The first-order chi connectivity index (χ1) is 9.19. The molecule has 0 bridgehead atoms. The molecule has 0 amide bonds. The van der Waals surface area contributed by atoms with E-state index in [1.54, 1.807) is 22.7 Å². The second-order valence-electron chi connectivity index (χ2n) is 4.12. The number of rotatable bonds is 7. The van der Waals surface area contributed by atoms with Gasteiger partial charge in [0.1, 0.15) is 0 Å². The quantitative estimate of drug-likeness (QED) is 0.824. The molecule has 0 aliphatic carbocycles. The Morgan fingerprint density at radius 3 is 3.00 bits per heavy atom. The zero-order valence-electron chi connectivity index (χ0n) is 10.6. The van der Waals surface area contributed by atoms with Crippen molar-refractivity contribution in [2.24, 2.45) is 0 Å². The molecule has 0 fully saturated rings. The first kappa shape index (κ1) is 14.2. The molecule has 102 valence electrons. The van der Waals surface area contributed by atoms with Gasteiger partial charge in [-0.1, -0.05) is 13.0 Å². The molecular formula is C13H16N2O2S2. The van der Waals surface area contributed by atoms with Gasteiger partial charge in [0.2, 0.25) is 0 Å².